The number of allylic oxidation sites excluding steroid dienone is 5. The van der Waals surface area contributed by atoms with Gasteiger partial charge in [-0.25, -0.2) is 0 Å². The quantitative estimate of drug-likeness (QED) is 0.0195. The normalized spacial score (nSPS) is 25.0. The maximum Gasteiger partial charge on any atom is 0.412 e. The van der Waals surface area contributed by atoms with Crippen LogP contribution in [0.3, 0.4) is 0 Å². The molecule has 6 saturated heterocycles. The van der Waals surface area contributed by atoms with Gasteiger partial charge < -0.3 is 95.5 Å². The smallest absolute Gasteiger partial charge is 0.412 e. The monoisotopic (exact) mass is 1520 g/mol. The average Bonchev–Trinajstić information content (AvgIpc) is 0.826. The van der Waals surface area contributed by atoms with Crippen molar-refractivity contribution in [2.45, 2.75) is 234 Å². The van der Waals surface area contributed by atoms with Gasteiger partial charge in [0.05, 0.1) is 119 Å². The minimum absolute atomic E-state index is 0.00694. The molecular weight excluding hydrogens is 1380 g/mol. The molecule has 0 unspecified atom stereocenters. The standard InChI is InChI=1S/C19H40O4Si2.C16H30O4Si.C13H20O4.C10H16O4.C9H20O4.C6H12O2.C3H10Si/c1-24(2,3)11-7-9-17-13-20-19(21-14-17)22-15-18(16-23-19)10-8-12-25(4,5)6;1-5-7-14-10-17-16(18-11-14)19-12-15(13-20-16)8-6-9-21(2,3)4;1-3-5-11-7-14-13(15-8-11)16-9-12(6-4-2)10-17-13;1-4-7-8(9(11)13-5-2)10(12)14-6-3;1-5-10-9(11-6-2,12-7-3)13-8-4;1-2-3-6(4-7)5-8;1-4(2)3/h17-18H,7-16H2,1-6H3;5,14-15H,1,6-13H2,2-4H3;3-4,11-12H,1-2,5-10H2;4,8H,1,5-7H2,2-3H3;5-8H2,1-4H3;2,6-8H,1,3-5H2;4H,1-3H3. The second kappa shape index (κ2) is 56.1. The van der Waals surface area contributed by atoms with E-state index in [-0.39, 0.29) is 47.6 Å². The summed E-state index contributed by atoms with van der Waals surface area (Å²) in [7, 11) is -2.95. The predicted octanol–water partition coefficient (Wildman–Crippen LogP) is 15.2. The maximum absolute atomic E-state index is 11.3. The summed E-state index contributed by atoms with van der Waals surface area (Å²) in [5.74, 6) is 0.483. The third-order valence-electron chi connectivity index (χ3n) is 15.9. The number of carbonyl (C=O) groups excluding carboxylic acids is 2. The molecule has 6 aliphatic heterocycles. The molecule has 0 aromatic carbocycles. The maximum atomic E-state index is 11.3. The van der Waals surface area contributed by atoms with E-state index in [1.165, 1.54) is 62.7 Å². The SMILES string of the molecule is C=CCC(C(=O)OCC)C(=O)OCC.C=CCC(CO)CO.C=CCC1COC2(OC1)OCC(CC=C)CO2.C=CCC1COC2(OC1)OCC(CCC[Si](C)(C)C)CO2.CCOC(OCC)(OCC)OCC.C[SiH](C)C.C[Si](C)(C)CCCC1COC2(OC1)OCC(CCC[Si](C)(C)C)CO2. The van der Waals surface area contributed by atoms with Crippen molar-refractivity contribution in [3.63, 3.8) is 0 Å². The van der Waals surface area contributed by atoms with Crippen LogP contribution in [-0.2, 0) is 94.9 Å². The summed E-state index contributed by atoms with van der Waals surface area (Å²) in [5, 5.41) is 16.9. The molecule has 6 rings (SSSR count). The van der Waals surface area contributed by atoms with Gasteiger partial charge in [0.1, 0.15) is 0 Å². The molecule has 0 aromatic rings. The van der Waals surface area contributed by atoms with Crippen LogP contribution < -0.4 is 0 Å². The minimum Gasteiger partial charge on any atom is -0.465 e. The molecular formula is C76H148O22Si4. The van der Waals surface area contributed by atoms with E-state index in [1.54, 1.807) is 19.9 Å². The number of hydrogen-bond acceptors (Lipinski definition) is 22. The molecule has 0 aromatic heterocycles. The molecule has 26 heteroatoms. The second-order valence-electron chi connectivity index (χ2n) is 30.7. The van der Waals surface area contributed by atoms with Crippen LogP contribution in [0.25, 0.3) is 0 Å². The summed E-state index contributed by atoms with van der Waals surface area (Å²) in [6, 6.07) is 4.12. The van der Waals surface area contributed by atoms with E-state index in [1.807, 2.05) is 45.9 Å². The lowest BCUT2D eigenvalue weighted by Crippen LogP contribution is -2.53. The number of hydrogen-bond donors (Lipinski definition) is 2. The van der Waals surface area contributed by atoms with Gasteiger partial charge in [-0.05, 0) is 92.9 Å². The summed E-state index contributed by atoms with van der Waals surface area (Å²) in [4.78, 5) is 22.6. The van der Waals surface area contributed by atoms with Crippen LogP contribution in [0.15, 0.2) is 63.3 Å². The summed E-state index contributed by atoms with van der Waals surface area (Å²) >= 11 is 0. The lowest BCUT2D eigenvalue weighted by Gasteiger charge is -2.42. The van der Waals surface area contributed by atoms with Gasteiger partial charge in [-0.15, -0.1) is 32.9 Å². The first-order valence-corrected chi connectivity index (χ1v) is 52.7. The zero-order valence-electron chi connectivity index (χ0n) is 67.2. The zero-order chi connectivity index (χ0) is 77.2. The highest BCUT2D eigenvalue weighted by Crippen LogP contribution is 2.36. The van der Waals surface area contributed by atoms with Crippen LogP contribution in [0.1, 0.15) is 112 Å². The Hall–Kier alpha value is -2.21. The fourth-order valence-electron chi connectivity index (χ4n) is 10.4. The van der Waals surface area contributed by atoms with Gasteiger partial charge in [0.25, 0.3) is 0 Å². The molecule has 0 atom stereocenters. The van der Waals surface area contributed by atoms with Crippen molar-refractivity contribution in [1.29, 1.82) is 0 Å². The van der Waals surface area contributed by atoms with E-state index in [9.17, 15) is 9.59 Å². The van der Waals surface area contributed by atoms with Gasteiger partial charge in [0.15, 0.2) is 5.92 Å². The van der Waals surface area contributed by atoms with E-state index < -0.39 is 66.7 Å². The lowest BCUT2D eigenvalue weighted by molar-refractivity contribution is -0.535. The van der Waals surface area contributed by atoms with Crippen molar-refractivity contribution in [1.82, 2.24) is 0 Å². The molecule has 0 amide bonds. The Balaban J connectivity index is 0.00000122. The summed E-state index contributed by atoms with van der Waals surface area (Å²) < 4.78 is 99.1. The molecule has 6 aliphatic rings. The Morgan fingerprint density at radius 1 is 0.412 bits per heavy atom. The van der Waals surface area contributed by atoms with E-state index >= 15 is 0 Å². The number of esters is 2. The highest BCUT2D eigenvalue weighted by molar-refractivity contribution is 6.76. The fraction of sp³-hybridized carbons (Fsp3) is 0.842. The highest BCUT2D eigenvalue weighted by Gasteiger charge is 2.47. The van der Waals surface area contributed by atoms with Crippen LogP contribution >= 0.6 is 0 Å². The van der Waals surface area contributed by atoms with Crippen molar-refractivity contribution in [2.75, 3.05) is 132 Å². The molecule has 0 bridgehead atoms. The minimum atomic E-state index is -1.30. The predicted molar refractivity (Wildman–Crippen MR) is 415 cm³/mol. The Morgan fingerprint density at radius 3 is 0.804 bits per heavy atom. The molecule has 0 aliphatic carbocycles. The van der Waals surface area contributed by atoms with Crippen molar-refractivity contribution in [3.05, 3.63) is 63.3 Å². The van der Waals surface area contributed by atoms with Crippen molar-refractivity contribution in [2.24, 2.45) is 47.3 Å². The van der Waals surface area contributed by atoms with Gasteiger partial charge in [-0.1, -0.05) is 146 Å². The van der Waals surface area contributed by atoms with Crippen molar-refractivity contribution < 1.29 is 105 Å². The van der Waals surface area contributed by atoms with Gasteiger partial charge in [-0.3, -0.25) is 9.59 Å². The largest absolute Gasteiger partial charge is 0.465 e. The van der Waals surface area contributed by atoms with Crippen LogP contribution in [-0.4, -0.2) is 212 Å². The topological polar surface area (TPSA) is 241 Å². The number of carbonyl (C=O) groups is 2. The van der Waals surface area contributed by atoms with E-state index in [0.717, 1.165) is 19.3 Å². The van der Waals surface area contributed by atoms with Gasteiger partial charge in [0, 0.05) is 87.7 Å². The number of aliphatic hydroxyl groups excluding tert-OH is 2. The lowest BCUT2D eigenvalue weighted by atomic mass is 10.1. The highest BCUT2D eigenvalue weighted by atomic mass is 28.3. The van der Waals surface area contributed by atoms with E-state index in [0.29, 0.717) is 148 Å². The fourth-order valence-corrected chi connectivity index (χ4v) is 14.2. The van der Waals surface area contributed by atoms with Gasteiger partial charge >= 0.3 is 36.6 Å². The van der Waals surface area contributed by atoms with Crippen molar-refractivity contribution >= 4 is 45.0 Å². The molecule has 0 saturated carbocycles. The summed E-state index contributed by atoms with van der Waals surface area (Å²) in [6.45, 7) is 67.8. The molecule has 2 N–H and O–H groups in total. The molecule has 600 valence electrons. The summed E-state index contributed by atoms with van der Waals surface area (Å²) in [5.41, 5.74) is 0. The second-order valence-corrected chi connectivity index (χ2v) is 51.0. The van der Waals surface area contributed by atoms with Gasteiger partial charge in [-0.2, -0.15) is 0 Å². The first-order chi connectivity index (χ1) is 48.3. The first-order valence-electron chi connectivity index (χ1n) is 38.1. The Kier molecular flexibility index (Phi) is 54.9. The van der Waals surface area contributed by atoms with E-state index in [2.05, 4.69) is 111 Å². The summed E-state index contributed by atoms with van der Waals surface area (Å²) in [6.07, 6.45) is 14.8. The number of aliphatic hydroxyl groups is 2. The van der Waals surface area contributed by atoms with Crippen LogP contribution in [0, 0.1) is 47.3 Å². The van der Waals surface area contributed by atoms with Gasteiger partial charge in [0.2, 0.25) is 0 Å². The Bertz CT molecular complexity index is 2000. The molecule has 6 fully saturated rings. The Labute approximate surface area is 623 Å². The molecule has 3 spiro atoms. The van der Waals surface area contributed by atoms with Crippen LogP contribution in [0.5, 0.6) is 0 Å². The first kappa shape index (κ1) is 99.8. The number of rotatable bonds is 36. The molecule has 22 nitrogen and oxygen atoms in total. The molecule has 6 heterocycles. The third kappa shape index (κ3) is 46.9. The third-order valence-corrected chi connectivity index (χ3v) is 21.5. The average molecular weight is 1530 g/mol. The van der Waals surface area contributed by atoms with Crippen molar-refractivity contribution in [3.8, 4) is 0 Å². The Morgan fingerprint density at radius 2 is 0.637 bits per heavy atom. The number of ether oxygens (including phenoxy) is 18. The zero-order valence-corrected chi connectivity index (χ0v) is 71.4. The van der Waals surface area contributed by atoms with E-state index in [4.69, 9.17) is 95.5 Å². The molecule has 102 heavy (non-hydrogen) atoms. The van der Waals surface area contributed by atoms with Crippen LogP contribution in [0.2, 0.25) is 96.7 Å². The molecule has 0 radical (unpaired) electrons. The van der Waals surface area contributed by atoms with Crippen LogP contribution in [0.4, 0.5) is 0 Å².